The molecule has 1 aliphatic carbocycles. The third kappa shape index (κ3) is 1.38. The van der Waals surface area contributed by atoms with Crippen LogP contribution in [0.3, 0.4) is 0 Å². The van der Waals surface area contributed by atoms with Crippen LogP contribution in [-0.4, -0.2) is 13.4 Å². The summed E-state index contributed by atoms with van der Waals surface area (Å²) in [6.45, 7) is 0. The van der Waals surface area contributed by atoms with E-state index in [1.807, 2.05) is 18.2 Å². The number of aryl methyl sites for hydroxylation is 1. The van der Waals surface area contributed by atoms with Crippen LogP contribution in [-0.2, 0) is 11.2 Å². The number of carbonyl (C=O) groups is 1. The van der Waals surface area contributed by atoms with Crippen molar-refractivity contribution >= 4 is 6.29 Å². The summed E-state index contributed by atoms with van der Waals surface area (Å²) in [4.78, 5) is 10.5. The molecular weight excluding hydrogens is 164 g/mol. The van der Waals surface area contributed by atoms with Crippen LogP contribution in [0.25, 0.3) is 0 Å². The maximum absolute atomic E-state index is 10.5. The third-order valence-electron chi connectivity index (χ3n) is 2.61. The van der Waals surface area contributed by atoms with E-state index < -0.39 is 0 Å². The van der Waals surface area contributed by atoms with Gasteiger partial charge in [-0.2, -0.15) is 0 Å². The molecule has 0 N–H and O–H groups in total. The van der Waals surface area contributed by atoms with Crippen molar-refractivity contribution in [3.05, 3.63) is 34.9 Å². The molecule has 1 aromatic carbocycles. The molecule has 2 heteroatoms. The predicted octanol–water partition coefficient (Wildman–Crippen LogP) is 2.13. The molecule has 1 unspecified atom stereocenters. The molecule has 0 radical (unpaired) electrons. The molecule has 0 bridgehead atoms. The second-order valence-electron chi connectivity index (χ2n) is 3.34. The van der Waals surface area contributed by atoms with E-state index in [-0.39, 0.29) is 6.10 Å². The normalized spacial score (nSPS) is 19.9. The molecule has 1 aromatic rings. The molecule has 68 valence electrons. The van der Waals surface area contributed by atoms with Crippen LogP contribution in [0.2, 0.25) is 0 Å². The fourth-order valence-corrected chi connectivity index (χ4v) is 1.92. The fraction of sp³-hybridized carbons (Fsp3) is 0.364. The molecule has 0 heterocycles. The summed E-state index contributed by atoms with van der Waals surface area (Å²) in [5.41, 5.74) is 3.26. The van der Waals surface area contributed by atoms with E-state index in [9.17, 15) is 4.79 Å². The van der Waals surface area contributed by atoms with E-state index in [1.165, 1.54) is 11.1 Å². The minimum absolute atomic E-state index is 0.232. The quantitative estimate of drug-likeness (QED) is 0.645. The number of carbonyl (C=O) groups excluding carboxylic acids is 1. The molecule has 0 saturated carbocycles. The molecule has 0 amide bonds. The maximum atomic E-state index is 10.5. The Morgan fingerprint density at radius 1 is 1.54 bits per heavy atom. The highest BCUT2D eigenvalue weighted by Crippen LogP contribution is 2.33. The fourth-order valence-electron chi connectivity index (χ4n) is 1.92. The number of hydrogen-bond acceptors (Lipinski definition) is 2. The van der Waals surface area contributed by atoms with Crippen molar-refractivity contribution in [2.75, 3.05) is 7.11 Å². The molecule has 2 nitrogen and oxygen atoms in total. The van der Waals surface area contributed by atoms with E-state index in [1.54, 1.807) is 7.11 Å². The van der Waals surface area contributed by atoms with Crippen LogP contribution in [0.4, 0.5) is 0 Å². The topological polar surface area (TPSA) is 26.3 Å². The second kappa shape index (κ2) is 3.30. The SMILES string of the molecule is COC1CCc2cc(C=O)ccc21. The van der Waals surface area contributed by atoms with Gasteiger partial charge in [-0.15, -0.1) is 0 Å². The molecule has 1 atom stereocenters. The summed E-state index contributed by atoms with van der Waals surface area (Å²) >= 11 is 0. The van der Waals surface area contributed by atoms with Gasteiger partial charge < -0.3 is 4.74 Å². The Hall–Kier alpha value is -1.15. The van der Waals surface area contributed by atoms with Crippen molar-refractivity contribution in [1.29, 1.82) is 0 Å². The molecule has 0 aliphatic heterocycles. The van der Waals surface area contributed by atoms with Crippen molar-refractivity contribution in [2.24, 2.45) is 0 Å². The number of aldehydes is 1. The van der Waals surface area contributed by atoms with Crippen LogP contribution >= 0.6 is 0 Å². The Labute approximate surface area is 77.5 Å². The third-order valence-corrected chi connectivity index (χ3v) is 2.61. The predicted molar refractivity (Wildman–Crippen MR) is 49.9 cm³/mol. The minimum Gasteiger partial charge on any atom is -0.377 e. The van der Waals surface area contributed by atoms with Crippen molar-refractivity contribution in [3.8, 4) is 0 Å². The van der Waals surface area contributed by atoms with Crippen LogP contribution in [0.1, 0.15) is 34.0 Å². The maximum Gasteiger partial charge on any atom is 0.150 e. The van der Waals surface area contributed by atoms with Crippen molar-refractivity contribution in [2.45, 2.75) is 18.9 Å². The number of rotatable bonds is 2. The van der Waals surface area contributed by atoms with Crippen LogP contribution in [0, 0.1) is 0 Å². The lowest BCUT2D eigenvalue weighted by Gasteiger charge is -2.08. The Morgan fingerprint density at radius 2 is 2.38 bits per heavy atom. The molecule has 0 aromatic heterocycles. The number of hydrogen-bond donors (Lipinski definition) is 0. The number of fused-ring (bicyclic) bond motifs is 1. The summed E-state index contributed by atoms with van der Waals surface area (Å²) in [5.74, 6) is 0. The van der Waals surface area contributed by atoms with Gasteiger partial charge >= 0.3 is 0 Å². The highest BCUT2D eigenvalue weighted by molar-refractivity contribution is 5.75. The van der Waals surface area contributed by atoms with Crippen molar-refractivity contribution in [3.63, 3.8) is 0 Å². The smallest absolute Gasteiger partial charge is 0.150 e. The lowest BCUT2D eigenvalue weighted by molar-refractivity contribution is 0.105. The van der Waals surface area contributed by atoms with Gasteiger partial charge in [0.2, 0.25) is 0 Å². The van der Waals surface area contributed by atoms with E-state index in [0.717, 1.165) is 24.7 Å². The first-order valence-corrected chi connectivity index (χ1v) is 4.46. The molecule has 0 fully saturated rings. The van der Waals surface area contributed by atoms with Crippen LogP contribution in [0.15, 0.2) is 18.2 Å². The van der Waals surface area contributed by atoms with Gasteiger partial charge in [0.05, 0.1) is 6.10 Å². The zero-order valence-corrected chi connectivity index (χ0v) is 7.62. The second-order valence-corrected chi connectivity index (χ2v) is 3.34. The number of methoxy groups -OCH3 is 1. The summed E-state index contributed by atoms with van der Waals surface area (Å²) in [5, 5.41) is 0. The molecule has 2 rings (SSSR count). The average Bonchev–Trinajstić information content (AvgIpc) is 2.59. The molecule has 13 heavy (non-hydrogen) atoms. The average molecular weight is 176 g/mol. The first-order valence-electron chi connectivity index (χ1n) is 4.46. The Kier molecular flexibility index (Phi) is 2.15. The van der Waals surface area contributed by atoms with Crippen LogP contribution < -0.4 is 0 Å². The highest BCUT2D eigenvalue weighted by Gasteiger charge is 2.21. The summed E-state index contributed by atoms with van der Waals surface area (Å²) in [7, 11) is 1.73. The standard InChI is InChI=1S/C11H12O2/c1-13-11-5-3-9-6-8(7-12)2-4-10(9)11/h2,4,6-7,11H,3,5H2,1H3. The largest absolute Gasteiger partial charge is 0.377 e. The zero-order valence-electron chi connectivity index (χ0n) is 7.62. The van der Waals surface area contributed by atoms with Gasteiger partial charge in [-0.25, -0.2) is 0 Å². The van der Waals surface area contributed by atoms with E-state index in [4.69, 9.17) is 4.74 Å². The number of ether oxygens (including phenoxy) is 1. The Morgan fingerprint density at radius 3 is 3.08 bits per heavy atom. The van der Waals surface area contributed by atoms with Gasteiger partial charge in [0.25, 0.3) is 0 Å². The van der Waals surface area contributed by atoms with Gasteiger partial charge in [0.15, 0.2) is 0 Å². The van der Waals surface area contributed by atoms with E-state index in [2.05, 4.69) is 0 Å². The van der Waals surface area contributed by atoms with Gasteiger partial charge in [-0.1, -0.05) is 12.1 Å². The first-order chi connectivity index (χ1) is 6.35. The van der Waals surface area contributed by atoms with Crippen molar-refractivity contribution in [1.82, 2.24) is 0 Å². The van der Waals surface area contributed by atoms with Gasteiger partial charge in [0.1, 0.15) is 6.29 Å². The summed E-state index contributed by atoms with van der Waals surface area (Å²) in [6, 6.07) is 5.81. The van der Waals surface area contributed by atoms with Gasteiger partial charge in [-0.3, -0.25) is 4.79 Å². The Bertz CT molecular complexity index is 331. The molecular formula is C11H12O2. The van der Waals surface area contributed by atoms with Gasteiger partial charge in [0, 0.05) is 12.7 Å². The lowest BCUT2D eigenvalue weighted by atomic mass is 10.1. The van der Waals surface area contributed by atoms with E-state index >= 15 is 0 Å². The lowest BCUT2D eigenvalue weighted by Crippen LogP contribution is -1.95. The zero-order chi connectivity index (χ0) is 9.26. The number of benzene rings is 1. The minimum atomic E-state index is 0.232. The molecule has 0 saturated heterocycles. The highest BCUT2D eigenvalue weighted by atomic mass is 16.5. The molecule has 0 spiro atoms. The summed E-state index contributed by atoms with van der Waals surface area (Å²) < 4.78 is 5.32. The molecule has 1 aliphatic rings. The summed E-state index contributed by atoms with van der Waals surface area (Å²) in [6.07, 6.45) is 3.18. The van der Waals surface area contributed by atoms with Crippen LogP contribution in [0.5, 0.6) is 0 Å². The first kappa shape index (κ1) is 8.45. The van der Waals surface area contributed by atoms with Crippen molar-refractivity contribution < 1.29 is 9.53 Å². The Balaban J connectivity index is 2.40. The van der Waals surface area contributed by atoms with E-state index in [0.29, 0.717) is 0 Å². The monoisotopic (exact) mass is 176 g/mol. The van der Waals surface area contributed by atoms with Gasteiger partial charge in [-0.05, 0) is 30.0 Å².